The standard InChI is InChI=1S/C13H15BrN4O/c1-4-18-11(13(14)9(3)17-18)5-12(19)10-7-15-8(2)6-16-10/h6-7H,4-5H2,1-3H3. The smallest absolute Gasteiger partial charge is 0.188 e. The Morgan fingerprint density at radius 2 is 2.05 bits per heavy atom. The van der Waals surface area contributed by atoms with E-state index in [0.29, 0.717) is 5.69 Å². The minimum atomic E-state index is -0.0530. The average Bonchev–Trinajstić information content (AvgIpc) is 2.67. The predicted molar refractivity (Wildman–Crippen MR) is 75.1 cm³/mol. The Kier molecular flexibility index (Phi) is 4.09. The van der Waals surface area contributed by atoms with Gasteiger partial charge in [0.25, 0.3) is 0 Å². The average molecular weight is 323 g/mol. The molecule has 0 fully saturated rings. The number of aromatic nitrogens is 4. The Morgan fingerprint density at radius 1 is 1.32 bits per heavy atom. The molecule has 0 bridgehead atoms. The molecule has 0 N–H and O–H groups in total. The fourth-order valence-corrected chi connectivity index (χ4v) is 2.24. The van der Waals surface area contributed by atoms with Crippen LogP contribution in [0.1, 0.15) is 34.5 Å². The van der Waals surface area contributed by atoms with Crippen molar-refractivity contribution in [3.63, 3.8) is 0 Å². The zero-order valence-electron chi connectivity index (χ0n) is 11.1. The third kappa shape index (κ3) is 2.89. The van der Waals surface area contributed by atoms with E-state index in [2.05, 4.69) is 31.0 Å². The Balaban J connectivity index is 2.26. The van der Waals surface area contributed by atoms with Gasteiger partial charge in [-0.2, -0.15) is 5.10 Å². The molecule has 2 rings (SSSR count). The molecule has 0 aliphatic carbocycles. The maximum atomic E-state index is 12.2. The molecule has 2 heterocycles. The van der Waals surface area contributed by atoms with Crippen LogP contribution in [-0.4, -0.2) is 25.5 Å². The van der Waals surface area contributed by atoms with Gasteiger partial charge in [0, 0.05) is 12.7 Å². The van der Waals surface area contributed by atoms with Crippen LogP contribution in [0.3, 0.4) is 0 Å². The summed E-state index contributed by atoms with van der Waals surface area (Å²) in [4.78, 5) is 20.4. The summed E-state index contributed by atoms with van der Waals surface area (Å²) in [5, 5.41) is 4.37. The molecular weight excluding hydrogens is 308 g/mol. The van der Waals surface area contributed by atoms with Gasteiger partial charge in [-0.1, -0.05) is 0 Å². The molecule has 6 heteroatoms. The summed E-state index contributed by atoms with van der Waals surface area (Å²) in [7, 11) is 0. The number of halogens is 1. The first kappa shape index (κ1) is 13.9. The van der Waals surface area contributed by atoms with Crippen molar-refractivity contribution in [2.24, 2.45) is 0 Å². The topological polar surface area (TPSA) is 60.7 Å². The summed E-state index contributed by atoms with van der Waals surface area (Å²) in [6.45, 7) is 6.48. The lowest BCUT2D eigenvalue weighted by Gasteiger charge is -2.04. The van der Waals surface area contributed by atoms with E-state index in [-0.39, 0.29) is 12.2 Å². The molecule has 0 aliphatic heterocycles. The van der Waals surface area contributed by atoms with Gasteiger partial charge in [-0.3, -0.25) is 14.5 Å². The Morgan fingerprint density at radius 3 is 2.63 bits per heavy atom. The molecule has 100 valence electrons. The monoisotopic (exact) mass is 322 g/mol. The van der Waals surface area contributed by atoms with Crippen molar-refractivity contribution in [2.75, 3.05) is 0 Å². The number of aryl methyl sites for hydroxylation is 3. The van der Waals surface area contributed by atoms with Gasteiger partial charge < -0.3 is 0 Å². The number of carbonyl (C=O) groups excluding carboxylic acids is 1. The third-order valence-electron chi connectivity index (χ3n) is 2.85. The molecule has 0 radical (unpaired) electrons. The maximum absolute atomic E-state index is 12.2. The molecule has 0 aliphatic rings. The van der Waals surface area contributed by atoms with Crippen LogP contribution in [0.25, 0.3) is 0 Å². The fraction of sp³-hybridized carbons (Fsp3) is 0.385. The van der Waals surface area contributed by atoms with E-state index in [1.54, 1.807) is 6.20 Å². The summed E-state index contributed by atoms with van der Waals surface area (Å²) in [6, 6.07) is 0. The van der Waals surface area contributed by atoms with E-state index in [4.69, 9.17) is 0 Å². The fourth-order valence-electron chi connectivity index (χ4n) is 1.82. The van der Waals surface area contributed by atoms with Crippen LogP contribution in [-0.2, 0) is 13.0 Å². The van der Waals surface area contributed by atoms with Crippen LogP contribution in [0.5, 0.6) is 0 Å². The number of carbonyl (C=O) groups is 1. The van der Waals surface area contributed by atoms with Gasteiger partial charge in [0.2, 0.25) is 0 Å². The molecule has 0 amide bonds. The number of Topliss-reactive ketones (excluding diaryl/α,β-unsaturated/α-hetero) is 1. The van der Waals surface area contributed by atoms with Gasteiger partial charge in [-0.15, -0.1) is 0 Å². The van der Waals surface area contributed by atoms with Crippen molar-refractivity contribution >= 4 is 21.7 Å². The molecular formula is C13H15BrN4O. The summed E-state index contributed by atoms with van der Waals surface area (Å²) in [5.74, 6) is -0.0530. The summed E-state index contributed by atoms with van der Waals surface area (Å²) in [6.07, 6.45) is 3.39. The van der Waals surface area contributed by atoms with E-state index < -0.39 is 0 Å². The Hall–Kier alpha value is -1.56. The largest absolute Gasteiger partial charge is 0.292 e. The number of rotatable bonds is 4. The highest BCUT2D eigenvalue weighted by Crippen LogP contribution is 2.22. The predicted octanol–water partition coefficient (Wildman–Crippen LogP) is 2.50. The first-order valence-electron chi connectivity index (χ1n) is 6.06. The molecule has 0 saturated heterocycles. The maximum Gasteiger partial charge on any atom is 0.188 e. The van der Waals surface area contributed by atoms with E-state index in [1.165, 1.54) is 6.20 Å². The van der Waals surface area contributed by atoms with Crippen LogP contribution in [0.4, 0.5) is 0 Å². The Bertz CT molecular complexity index is 604. The van der Waals surface area contributed by atoms with Gasteiger partial charge in [-0.05, 0) is 36.7 Å². The molecule has 2 aromatic rings. The number of hydrogen-bond donors (Lipinski definition) is 0. The van der Waals surface area contributed by atoms with Gasteiger partial charge in [0.15, 0.2) is 5.78 Å². The zero-order valence-corrected chi connectivity index (χ0v) is 12.7. The molecule has 19 heavy (non-hydrogen) atoms. The normalized spacial score (nSPS) is 10.7. The lowest BCUT2D eigenvalue weighted by molar-refractivity contribution is 0.0985. The SMILES string of the molecule is CCn1nc(C)c(Br)c1CC(=O)c1cnc(C)cn1. The molecule has 0 atom stereocenters. The van der Waals surface area contributed by atoms with Crippen LogP contribution in [0.15, 0.2) is 16.9 Å². The highest BCUT2D eigenvalue weighted by molar-refractivity contribution is 9.10. The van der Waals surface area contributed by atoms with Crippen LogP contribution in [0.2, 0.25) is 0 Å². The van der Waals surface area contributed by atoms with Gasteiger partial charge in [0.05, 0.1) is 34.2 Å². The van der Waals surface area contributed by atoms with Crippen LogP contribution in [0, 0.1) is 13.8 Å². The minimum Gasteiger partial charge on any atom is -0.292 e. The first-order valence-corrected chi connectivity index (χ1v) is 6.85. The summed E-state index contributed by atoms with van der Waals surface area (Å²) in [5.41, 5.74) is 2.96. The van der Waals surface area contributed by atoms with Crippen molar-refractivity contribution in [3.05, 3.63) is 39.6 Å². The van der Waals surface area contributed by atoms with Crippen molar-refractivity contribution < 1.29 is 4.79 Å². The number of hydrogen-bond acceptors (Lipinski definition) is 4. The lowest BCUT2D eigenvalue weighted by atomic mass is 10.1. The second-order valence-electron chi connectivity index (χ2n) is 4.30. The zero-order chi connectivity index (χ0) is 14.0. The van der Waals surface area contributed by atoms with Gasteiger partial charge in [-0.25, -0.2) is 4.98 Å². The summed E-state index contributed by atoms with van der Waals surface area (Å²) >= 11 is 3.48. The van der Waals surface area contributed by atoms with Crippen molar-refractivity contribution in [1.29, 1.82) is 0 Å². The highest BCUT2D eigenvalue weighted by atomic mass is 79.9. The molecule has 0 saturated carbocycles. The lowest BCUT2D eigenvalue weighted by Crippen LogP contribution is -2.11. The van der Waals surface area contributed by atoms with E-state index in [9.17, 15) is 4.79 Å². The van der Waals surface area contributed by atoms with Gasteiger partial charge in [0.1, 0.15) is 5.69 Å². The van der Waals surface area contributed by atoms with Crippen LogP contribution < -0.4 is 0 Å². The third-order valence-corrected chi connectivity index (χ3v) is 3.88. The van der Waals surface area contributed by atoms with Gasteiger partial charge >= 0.3 is 0 Å². The summed E-state index contributed by atoms with van der Waals surface area (Å²) < 4.78 is 2.72. The number of ketones is 1. The highest BCUT2D eigenvalue weighted by Gasteiger charge is 2.17. The Labute approximate surface area is 120 Å². The van der Waals surface area contributed by atoms with Crippen LogP contribution >= 0.6 is 15.9 Å². The van der Waals surface area contributed by atoms with Crippen molar-refractivity contribution in [1.82, 2.24) is 19.7 Å². The van der Waals surface area contributed by atoms with E-state index in [0.717, 1.165) is 28.1 Å². The first-order chi connectivity index (χ1) is 9.02. The van der Waals surface area contributed by atoms with E-state index in [1.807, 2.05) is 25.5 Å². The molecule has 0 spiro atoms. The molecule has 0 aromatic carbocycles. The minimum absolute atomic E-state index is 0.0530. The second-order valence-corrected chi connectivity index (χ2v) is 5.10. The molecule has 2 aromatic heterocycles. The van der Waals surface area contributed by atoms with Crippen molar-refractivity contribution in [2.45, 2.75) is 33.7 Å². The van der Waals surface area contributed by atoms with E-state index >= 15 is 0 Å². The molecule has 0 unspecified atom stereocenters. The number of nitrogens with zero attached hydrogens (tertiary/aromatic N) is 4. The molecule has 5 nitrogen and oxygen atoms in total. The van der Waals surface area contributed by atoms with Crippen molar-refractivity contribution in [3.8, 4) is 0 Å². The second kappa shape index (κ2) is 5.61. The quantitative estimate of drug-likeness (QED) is 0.811.